The molecule has 3 aliphatic carbocycles. The first kappa shape index (κ1) is 25.4. The Bertz CT molecular complexity index is 1200. The molecule has 0 spiro atoms. The second-order valence-corrected chi connectivity index (χ2v) is 12.5. The lowest BCUT2D eigenvalue weighted by atomic mass is 9.54. The second-order valence-electron chi connectivity index (χ2n) is 10.6. The van der Waals surface area contributed by atoms with Crippen molar-refractivity contribution in [2.45, 2.75) is 64.7 Å². The van der Waals surface area contributed by atoms with Crippen LogP contribution in [0.15, 0.2) is 29.6 Å². The Balaban J connectivity index is 1.36. The van der Waals surface area contributed by atoms with Crippen molar-refractivity contribution in [2.24, 2.45) is 28.3 Å². The summed E-state index contributed by atoms with van der Waals surface area (Å²) >= 11 is 1.49. The number of anilines is 1. The molecular formula is C26H34N3O5PS. The molecule has 4 unspecified atom stereocenters. The zero-order valence-corrected chi connectivity index (χ0v) is 22.8. The van der Waals surface area contributed by atoms with Crippen LogP contribution in [0.4, 0.5) is 5.13 Å². The summed E-state index contributed by atoms with van der Waals surface area (Å²) in [6.07, 6.45) is 7.99. The van der Waals surface area contributed by atoms with E-state index in [4.69, 9.17) is 9.36 Å². The minimum absolute atomic E-state index is 0.0141. The van der Waals surface area contributed by atoms with Gasteiger partial charge in [-0.3, -0.25) is 4.79 Å². The Morgan fingerprint density at radius 3 is 2.94 bits per heavy atom. The number of rotatable bonds is 7. The molecule has 10 heteroatoms. The monoisotopic (exact) mass is 531 g/mol. The Hall–Kier alpha value is -2.22. The maximum absolute atomic E-state index is 12.7. The molecule has 0 bridgehead atoms. The predicted octanol–water partition coefficient (Wildman–Crippen LogP) is 5.72. The third-order valence-electron chi connectivity index (χ3n) is 8.59. The van der Waals surface area contributed by atoms with Gasteiger partial charge in [0.1, 0.15) is 12.9 Å². The van der Waals surface area contributed by atoms with Crippen LogP contribution in [0.1, 0.15) is 67.4 Å². The first-order valence-electron chi connectivity index (χ1n) is 12.6. The number of aryl methyl sites for hydroxylation is 2. The van der Waals surface area contributed by atoms with Crippen LogP contribution in [0.25, 0.3) is 0 Å². The summed E-state index contributed by atoms with van der Waals surface area (Å²) in [5.74, 6) is 2.21. The molecule has 1 heterocycles. The third kappa shape index (κ3) is 4.85. The van der Waals surface area contributed by atoms with Crippen molar-refractivity contribution in [3.8, 4) is 5.75 Å². The van der Waals surface area contributed by atoms with Crippen LogP contribution in [0, 0.1) is 30.1 Å². The normalized spacial score (nSPS) is 30.7. The second kappa shape index (κ2) is 10.3. The van der Waals surface area contributed by atoms with E-state index in [1.54, 1.807) is 13.3 Å². The number of carbonyl (C=O) groups excluding carboxylic acids is 1. The quantitative estimate of drug-likeness (QED) is 0.350. The van der Waals surface area contributed by atoms with Crippen LogP contribution in [0.5, 0.6) is 5.75 Å². The average Bonchev–Trinajstić information content (AvgIpc) is 3.37. The van der Waals surface area contributed by atoms with Crippen molar-refractivity contribution >= 4 is 36.3 Å². The minimum Gasteiger partial charge on any atom is -0.426 e. The first-order valence-corrected chi connectivity index (χ1v) is 14.7. The van der Waals surface area contributed by atoms with Crippen molar-refractivity contribution in [3.05, 3.63) is 40.4 Å². The van der Waals surface area contributed by atoms with Gasteiger partial charge in [0.05, 0.1) is 5.71 Å². The van der Waals surface area contributed by atoms with E-state index in [0.717, 1.165) is 49.1 Å². The molecule has 0 radical (unpaired) electrons. The Kier molecular flexibility index (Phi) is 7.25. The largest absolute Gasteiger partial charge is 0.426 e. The van der Waals surface area contributed by atoms with E-state index in [-0.39, 0.29) is 11.3 Å². The van der Waals surface area contributed by atoms with Crippen molar-refractivity contribution in [3.63, 3.8) is 0 Å². The van der Waals surface area contributed by atoms with Gasteiger partial charge in [-0.05, 0) is 92.4 Å². The van der Waals surface area contributed by atoms with E-state index in [2.05, 4.69) is 28.4 Å². The van der Waals surface area contributed by atoms with Crippen LogP contribution in [-0.4, -0.2) is 28.6 Å². The summed E-state index contributed by atoms with van der Waals surface area (Å²) in [5, 5.41) is 8.10. The molecule has 0 saturated heterocycles. The highest BCUT2D eigenvalue weighted by molar-refractivity contribution is 7.32. The number of hydrogen-bond donors (Lipinski definition) is 2. The fraction of sp³-hybridized carbons (Fsp3) is 0.577. The lowest BCUT2D eigenvalue weighted by Gasteiger charge is -2.50. The fourth-order valence-electron chi connectivity index (χ4n) is 7.23. The molecule has 5 rings (SSSR count). The van der Waals surface area contributed by atoms with Gasteiger partial charge in [-0.1, -0.05) is 18.1 Å². The SMILES string of the molecule is CO/N=C1\C[C@@H](CCC(=O)Nc2ncc(C)s2)C2C3CCc4cc(O[PH](=O)O)ccc4C3CC[C@]12C. The molecule has 2 aromatic rings. The maximum Gasteiger partial charge on any atom is 0.365 e. The van der Waals surface area contributed by atoms with Gasteiger partial charge >= 0.3 is 8.25 Å². The number of fused-ring (bicyclic) bond motifs is 5. The molecule has 194 valence electrons. The zero-order chi connectivity index (χ0) is 25.4. The van der Waals surface area contributed by atoms with Crippen LogP contribution >= 0.6 is 19.6 Å². The van der Waals surface area contributed by atoms with E-state index in [1.807, 2.05) is 19.1 Å². The van der Waals surface area contributed by atoms with Crippen molar-refractivity contribution in [1.82, 2.24) is 4.98 Å². The van der Waals surface area contributed by atoms with Crippen LogP contribution in [0.3, 0.4) is 0 Å². The highest BCUT2D eigenvalue weighted by atomic mass is 32.1. The van der Waals surface area contributed by atoms with Gasteiger partial charge < -0.3 is 19.6 Å². The molecule has 36 heavy (non-hydrogen) atoms. The van der Waals surface area contributed by atoms with Crippen molar-refractivity contribution in [1.29, 1.82) is 0 Å². The molecule has 2 fully saturated rings. The van der Waals surface area contributed by atoms with E-state index in [1.165, 1.54) is 22.5 Å². The minimum atomic E-state index is -3.02. The predicted molar refractivity (Wildman–Crippen MR) is 141 cm³/mol. The van der Waals surface area contributed by atoms with Crippen molar-refractivity contribution < 1.29 is 23.6 Å². The number of hydrogen-bond acceptors (Lipinski definition) is 7. The number of oxime groups is 1. The molecule has 1 aromatic carbocycles. The van der Waals surface area contributed by atoms with Gasteiger partial charge in [0, 0.05) is 22.9 Å². The molecule has 1 aromatic heterocycles. The van der Waals surface area contributed by atoms with Crippen LogP contribution < -0.4 is 9.84 Å². The average molecular weight is 532 g/mol. The highest BCUT2D eigenvalue weighted by Crippen LogP contribution is 2.62. The Labute approximate surface area is 216 Å². The fourth-order valence-corrected chi connectivity index (χ4v) is 8.24. The van der Waals surface area contributed by atoms with Gasteiger partial charge in [0.15, 0.2) is 5.13 Å². The maximum atomic E-state index is 12.7. The number of thiazole rings is 1. The molecule has 3 aliphatic rings. The van der Waals surface area contributed by atoms with E-state index >= 15 is 0 Å². The summed E-state index contributed by atoms with van der Waals surface area (Å²) in [5.41, 5.74) is 3.67. The summed E-state index contributed by atoms with van der Waals surface area (Å²) in [6.45, 7) is 4.32. The number of carbonyl (C=O) groups is 1. The lowest BCUT2D eigenvalue weighted by Crippen LogP contribution is -2.44. The van der Waals surface area contributed by atoms with E-state index in [9.17, 15) is 14.3 Å². The summed E-state index contributed by atoms with van der Waals surface area (Å²) in [4.78, 5) is 32.5. The lowest BCUT2D eigenvalue weighted by molar-refractivity contribution is -0.116. The highest BCUT2D eigenvalue weighted by Gasteiger charge is 2.57. The smallest absolute Gasteiger partial charge is 0.365 e. The summed E-state index contributed by atoms with van der Waals surface area (Å²) in [7, 11) is -1.40. The zero-order valence-electron chi connectivity index (χ0n) is 21.0. The van der Waals surface area contributed by atoms with Gasteiger partial charge in [0.25, 0.3) is 0 Å². The van der Waals surface area contributed by atoms with Gasteiger partial charge in [-0.25, -0.2) is 9.55 Å². The van der Waals surface area contributed by atoms with E-state index in [0.29, 0.717) is 41.0 Å². The Morgan fingerprint density at radius 1 is 1.39 bits per heavy atom. The third-order valence-corrected chi connectivity index (χ3v) is 9.83. The molecular weight excluding hydrogens is 497 g/mol. The molecule has 1 amide bonds. The Morgan fingerprint density at radius 2 is 2.22 bits per heavy atom. The number of amides is 1. The molecule has 2 saturated carbocycles. The number of aromatic nitrogens is 1. The van der Waals surface area contributed by atoms with Crippen molar-refractivity contribution in [2.75, 3.05) is 12.4 Å². The topological polar surface area (TPSA) is 110 Å². The number of nitrogens with one attached hydrogen (secondary N) is 1. The van der Waals surface area contributed by atoms with Gasteiger partial charge in [-0.2, -0.15) is 0 Å². The van der Waals surface area contributed by atoms with Crippen LogP contribution in [0.2, 0.25) is 0 Å². The summed E-state index contributed by atoms with van der Waals surface area (Å²) in [6, 6.07) is 5.85. The summed E-state index contributed by atoms with van der Waals surface area (Å²) < 4.78 is 16.3. The van der Waals surface area contributed by atoms with E-state index < -0.39 is 8.25 Å². The number of nitrogens with zero attached hydrogens (tertiary/aromatic N) is 2. The van der Waals surface area contributed by atoms with Gasteiger partial charge in [0.2, 0.25) is 5.91 Å². The molecule has 2 N–H and O–H groups in total. The first-order chi connectivity index (χ1) is 17.3. The molecule has 8 nitrogen and oxygen atoms in total. The molecule has 0 aliphatic heterocycles. The van der Waals surface area contributed by atoms with Gasteiger partial charge in [-0.15, -0.1) is 11.3 Å². The molecule has 6 atom stereocenters. The standard InChI is InChI=1S/C26H34N3O5PS/c1-15-14-27-25(36-15)28-23(30)9-5-17-13-22(29-33-3)26(2)11-10-20-19-8-6-18(34-35(31)32)12-16(19)4-7-21(20)24(17)26/h6,8,12,14,17,20-21,24,35H,4-5,7,9-11,13H2,1-3H3,(H,31,32)(H,27,28,30)/b29-22+/t17-,20?,21?,24?,26-/m1/s1. The van der Waals surface area contributed by atoms with Crippen LogP contribution in [-0.2, 0) is 20.6 Å². The number of benzene rings is 1.